The largest absolute Gasteiger partial charge is 0.409 e. The molecule has 92 valence electrons. The zero-order valence-electron chi connectivity index (χ0n) is 10.0. The molecule has 1 aliphatic carbocycles. The molecule has 0 aromatic heterocycles. The lowest BCUT2D eigenvalue weighted by Crippen LogP contribution is -2.37. The Morgan fingerprint density at radius 2 is 2.25 bits per heavy atom. The maximum absolute atomic E-state index is 11.8. The molecule has 1 aliphatic rings. The van der Waals surface area contributed by atoms with E-state index in [-0.39, 0.29) is 17.7 Å². The molecule has 1 unspecified atom stereocenters. The summed E-state index contributed by atoms with van der Waals surface area (Å²) in [6, 6.07) is 0. The smallest absolute Gasteiger partial charge is 0.222 e. The number of amides is 1. The van der Waals surface area contributed by atoms with E-state index in [4.69, 9.17) is 10.9 Å². The molecular weight excluding hydrogens is 206 g/mol. The predicted octanol–water partition coefficient (Wildman–Crippen LogP) is 1.02. The molecule has 0 heterocycles. The number of rotatable bonds is 5. The highest BCUT2D eigenvalue weighted by molar-refractivity contribution is 5.83. The molecule has 1 fully saturated rings. The van der Waals surface area contributed by atoms with Crippen molar-refractivity contribution in [2.75, 3.05) is 13.6 Å². The van der Waals surface area contributed by atoms with Gasteiger partial charge in [0.15, 0.2) is 0 Å². The van der Waals surface area contributed by atoms with Crippen LogP contribution in [0.1, 0.15) is 32.6 Å². The van der Waals surface area contributed by atoms with Crippen LogP contribution in [0.4, 0.5) is 0 Å². The molecule has 3 N–H and O–H groups in total. The van der Waals surface area contributed by atoms with E-state index in [1.807, 2.05) is 6.92 Å². The third kappa shape index (κ3) is 3.40. The lowest BCUT2D eigenvalue weighted by atomic mass is 9.82. The normalized spacial score (nSPS) is 19.0. The second-order valence-electron chi connectivity index (χ2n) is 4.70. The Labute approximate surface area is 96.3 Å². The van der Waals surface area contributed by atoms with Gasteiger partial charge in [-0.2, -0.15) is 0 Å². The number of oxime groups is 1. The zero-order valence-corrected chi connectivity index (χ0v) is 10.0. The van der Waals surface area contributed by atoms with Gasteiger partial charge in [0.1, 0.15) is 5.84 Å². The van der Waals surface area contributed by atoms with Crippen LogP contribution in [0.5, 0.6) is 0 Å². The van der Waals surface area contributed by atoms with Gasteiger partial charge in [0.2, 0.25) is 5.91 Å². The fourth-order valence-corrected chi connectivity index (χ4v) is 1.80. The molecule has 0 bridgehead atoms. The van der Waals surface area contributed by atoms with Crippen LogP contribution in [0.2, 0.25) is 0 Å². The highest BCUT2D eigenvalue weighted by atomic mass is 16.4. The molecule has 0 spiro atoms. The SMILES string of the molecule is CC(CN(C)C(=O)CC1CCC1)C(N)=NO. The highest BCUT2D eigenvalue weighted by Crippen LogP contribution is 2.29. The maximum atomic E-state index is 11.8. The lowest BCUT2D eigenvalue weighted by molar-refractivity contribution is -0.131. The number of hydrogen-bond donors (Lipinski definition) is 2. The highest BCUT2D eigenvalue weighted by Gasteiger charge is 2.23. The van der Waals surface area contributed by atoms with Gasteiger partial charge in [0.05, 0.1) is 0 Å². The molecule has 0 aromatic rings. The second-order valence-corrected chi connectivity index (χ2v) is 4.70. The third-order valence-electron chi connectivity index (χ3n) is 3.28. The Balaban J connectivity index is 2.32. The van der Waals surface area contributed by atoms with Crippen LogP contribution >= 0.6 is 0 Å². The van der Waals surface area contributed by atoms with Gasteiger partial charge in [0.25, 0.3) is 0 Å². The summed E-state index contributed by atoms with van der Waals surface area (Å²) < 4.78 is 0. The summed E-state index contributed by atoms with van der Waals surface area (Å²) in [6.45, 7) is 2.34. The number of amidine groups is 1. The first-order valence-electron chi connectivity index (χ1n) is 5.76. The minimum absolute atomic E-state index is 0.111. The van der Waals surface area contributed by atoms with Crippen molar-refractivity contribution in [1.29, 1.82) is 0 Å². The number of nitrogens with zero attached hydrogens (tertiary/aromatic N) is 2. The maximum Gasteiger partial charge on any atom is 0.222 e. The molecule has 1 saturated carbocycles. The van der Waals surface area contributed by atoms with Gasteiger partial charge in [-0.25, -0.2) is 0 Å². The molecule has 0 aliphatic heterocycles. The van der Waals surface area contributed by atoms with E-state index >= 15 is 0 Å². The van der Waals surface area contributed by atoms with Crippen LogP contribution in [0, 0.1) is 11.8 Å². The van der Waals surface area contributed by atoms with Gasteiger partial charge in [-0.15, -0.1) is 0 Å². The van der Waals surface area contributed by atoms with E-state index in [9.17, 15) is 4.79 Å². The van der Waals surface area contributed by atoms with Crippen molar-refractivity contribution in [3.05, 3.63) is 0 Å². The quantitative estimate of drug-likeness (QED) is 0.318. The van der Waals surface area contributed by atoms with Crippen molar-refractivity contribution in [1.82, 2.24) is 4.90 Å². The fraction of sp³-hybridized carbons (Fsp3) is 0.818. The molecule has 1 amide bonds. The Kier molecular flexibility index (Phi) is 4.58. The van der Waals surface area contributed by atoms with Gasteiger partial charge >= 0.3 is 0 Å². The van der Waals surface area contributed by atoms with Crippen LogP contribution < -0.4 is 5.73 Å². The van der Waals surface area contributed by atoms with E-state index in [0.717, 1.165) is 0 Å². The van der Waals surface area contributed by atoms with Crippen LogP contribution in [0.3, 0.4) is 0 Å². The number of carbonyl (C=O) groups excluding carboxylic acids is 1. The minimum atomic E-state index is -0.111. The first-order valence-corrected chi connectivity index (χ1v) is 5.76. The van der Waals surface area contributed by atoms with Gasteiger partial charge in [-0.1, -0.05) is 18.5 Å². The van der Waals surface area contributed by atoms with Gasteiger partial charge in [0, 0.05) is 25.9 Å². The standard InChI is InChI=1S/C11H21N3O2/c1-8(11(12)13-16)7-14(2)10(15)6-9-4-3-5-9/h8-9,16H,3-7H2,1-2H3,(H2,12,13). The minimum Gasteiger partial charge on any atom is -0.409 e. The second kappa shape index (κ2) is 5.72. The summed E-state index contributed by atoms with van der Waals surface area (Å²) in [5, 5.41) is 11.5. The van der Waals surface area contributed by atoms with Crippen molar-refractivity contribution < 1.29 is 10.0 Å². The summed E-state index contributed by atoms with van der Waals surface area (Å²) >= 11 is 0. The Morgan fingerprint density at radius 1 is 1.62 bits per heavy atom. The van der Waals surface area contributed by atoms with Crippen molar-refractivity contribution in [2.24, 2.45) is 22.7 Å². The Bertz CT molecular complexity index is 274. The molecule has 1 atom stereocenters. The Morgan fingerprint density at radius 3 is 2.69 bits per heavy atom. The molecule has 0 radical (unpaired) electrons. The van der Waals surface area contributed by atoms with Gasteiger partial charge < -0.3 is 15.8 Å². The first-order chi connectivity index (χ1) is 7.54. The molecule has 0 aromatic carbocycles. The van der Waals surface area contributed by atoms with E-state index in [2.05, 4.69) is 5.16 Å². The zero-order chi connectivity index (χ0) is 12.1. The molecule has 16 heavy (non-hydrogen) atoms. The van der Waals surface area contributed by atoms with Crippen molar-refractivity contribution in [2.45, 2.75) is 32.6 Å². The number of hydrogen-bond acceptors (Lipinski definition) is 3. The van der Waals surface area contributed by atoms with Crippen molar-refractivity contribution >= 4 is 11.7 Å². The molecule has 5 heteroatoms. The molecule has 0 saturated heterocycles. The van der Waals surface area contributed by atoms with Crippen LogP contribution in [-0.2, 0) is 4.79 Å². The van der Waals surface area contributed by atoms with Gasteiger partial charge in [-0.05, 0) is 18.8 Å². The van der Waals surface area contributed by atoms with Crippen molar-refractivity contribution in [3.63, 3.8) is 0 Å². The van der Waals surface area contributed by atoms with E-state index < -0.39 is 0 Å². The number of nitrogens with two attached hydrogens (primary N) is 1. The third-order valence-corrected chi connectivity index (χ3v) is 3.28. The summed E-state index contributed by atoms with van der Waals surface area (Å²) in [5.74, 6) is 0.792. The average Bonchev–Trinajstić information content (AvgIpc) is 2.21. The van der Waals surface area contributed by atoms with Crippen LogP contribution in [0.15, 0.2) is 5.16 Å². The summed E-state index contributed by atoms with van der Waals surface area (Å²) in [4.78, 5) is 13.4. The first kappa shape index (κ1) is 12.8. The topological polar surface area (TPSA) is 78.9 Å². The number of carbonyl (C=O) groups is 1. The van der Waals surface area contributed by atoms with Gasteiger partial charge in [-0.3, -0.25) is 4.79 Å². The van der Waals surface area contributed by atoms with E-state index in [1.165, 1.54) is 19.3 Å². The summed E-state index contributed by atoms with van der Waals surface area (Å²) in [6.07, 6.45) is 4.24. The molecule has 1 rings (SSSR count). The van der Waals surface area contributed by atoms with E-state index in [0.29, 0.717) is 18.9 Å². The Hall–Kier alpha value is -1.26. The molecular formula is C11H21N3O2. The van der Waals surface area contributed by atoms with Crippen LogP contribution in [0.25, 0.3) is 0 Å². The fourth-order valence-electron chi connectivity index (χ4n) is 1.80. The summed E-state index contributed by atoms with van der Waals surface area (Å²) in [7, 11) is 1.77. The monoisotopic (exact) mass is 227 g/mol. The molecule has 5 nitrogen and oxygen atoms in total. The average molecular weight is 227 g/mol. The van der Waals surface area contributed by atoms with E-state index in [1.54, 1.807) is 11.9 Å². The lowest BCUT2D eigenvalue weighted by Gasteiger charge is -2.28. The summed E-state index contributed by atoms with van der Waals surface area (Å²) in [5.41, 5.74) is 5.47. The van der Waals surface area contributed by atoms with Crippen molar-refractivity contribution in [3.8, 4) is 0 Å². The predicted molar refractivity (Wildman–Crippen MR) is 62.2 cm³/mol. The van der Waals surface area contributed by atoms with Crippen LogP contribution in [-0.4, -0.2) is 35.4 Å².